The Morgan fingerprint density at radius 3 is 2.56 bits per heavy atom. The van der Waals surface area contributed by atoms with E-state index in [4.69, 9.17) is 10.5 Å². The molecule has 0 atom stereocenters. The van der Waals surface area contributed by atoms with Crippen molar-refractivity contribution in [3.8, 4) is 5.75 Å². The van der Waals surface area contributed by atoms with Crippen LogP contribution in [0.5, 0.6) is 5.75 Å². The third-order valence-corrected chi connectivity index (χ3v) is 2.24. The van der Waals surface area contributed by atoms with Crippen molar-refractivity contribution in [2.45, 2.75) is 6.42 Å². The summed E-state index contributed by atoms with van der Waals surface area (Å²) in [6.07, 6.45) is 0.0868. The first-order valence-corrected chi connectivity index (χ1v) is 4.74. The fourth-order valence-corrected chi connectivity index (χ4v) is 1.25. The number of hydrogen-bond acceptors (Lipinski definition) is 3. The van der Waals surface area contributed by atoms with Gasteiger partial charge in [-0.15, -0.1) is 0 Å². The number of amides is 3. The lowest BCUT2D eigenvalue weighted by molar-refractivity contribution is -0.126. The molecule has 2 N–H and O–H groups in total. The van der Waals surface area contributed by atoms with Gasteiger partial charge in [0.05, 0.1) is 13.5 Å². The van der Waals surface area contributed by atoms with Crippen molar-refractivity contribution in [2.24, 2.45) is 5.73 Å². The lowest BCUT2D eigenvalue weighted by Crippen LogP contribution is -2.38. The van der Waals surface area contributed by atoms with Crippen molar-refractivity contribution in [3.63, 3.8) is 0 Å². The van der Waals surface area contributed by atoms with Crippen molar-refractivity contribution in [3.05, 3.63) is 29.8 Å². The van der Waals surface area contributed by atoms with E-state index in [1.807, 2.05) is 6.07 Å². The summed E-state index contributed by atoms with van der Waals surface area (Å²) in [4.78, 5) is 23.3. The Labute approximate surface area is 93.8 Å². The Kier molecular flexibility index (Phi) is 3.88. The molecule has 16 heavy (non-hydrogen) atoms. The minimum atomic E-state index is -0.764. The van der Waals surface area contributed by atoms with Gasteiger partial charge in [-0.25, -0.2) is 4.79 Å². The molecular formula is C11H14N2O3. The molecule has 0 aromatic heterocycles. The zero-order valence-electron chi connectivity index (χ0n) is 9.27. The highest BCUT2D eigenvalue weighted by atomic mass is 16.5. The van der Waals surface area contributed by atoms with Gasteiger partial charge < -0.3 is 10.5 Å². The van der Waals surface area contributed by atoms with E-state index in [0.717, 1.165) is 10.5 Å². The van der Waals surface area contributed by atoms with E-state index < -0.39 is 6.03 Å². The number of para-hydroxylation sites is 1. The van der Waals surface area contributed by atoms with Crippen LogP contribution < -0.4 is 10.5 Å². The van der Waals surface area contributed by atoms with Gasteiger partial charge in [0, 0.05) is 12.6 Å². The summed E-state index contributed by atoms with van der Waals surface area (Å²) in [7, 11) is 2.88. The lowest BCUT2D eigenvalue weighted by atomic mass is 10.1. The number of imide groups is 1. The van der Waals surface area contributed by atoms with E-state index in [1.165, 1.54) is 14.2 Å². The number of nitrogens with zero attached hydrogens (tertiary/aromatic N) is 1. The Bertz CT molecular complexity index is 404. The molecule has 0 unspecified atom stereocenters. The molecule has 5 heteroatoms. The summed E-state index contributed by atoms with van der Waals surface area (Å²) in [5.74, 6) is 0.255. The maximum atomic E-state index is 11.6. The molecule has 1 aromatic rings. The molecule has 0 saturated heterocycles. The quantitative estimate of drug-likeness (QED) is 0.821. The van der Waals surface area contributed by atoms with E-state index >= 15 is 0 Å². The molecule has 1 rings (SSSR count). The van der Waals surface area contributed by atoms with Gasteiger partial charge in [-0.1, -0.05) is 18.2 Å². The number of hydrogen-bond donors (Lipinski definition) is 1. The van der Waals surface area contributed by atoms with Gasteiger partial charge in [0.1, 0.15) is 5.75 Å². The second kappa shape index (κ2) is 5.16. The number of carbonyl (C=O) groups is 2. The maximum Gasteiger partial charge on any atom is 0.321 e. The zero-order chi connectivity index (χ0) is 12.1. The van der Waals surface area contributed by atoms with Gasteiger partial charge in [0.25, 0.3) is 0 Å². The molecule has 3 amide bonds. The predicted octanol–water partition coefficient (Wildman–Crippen LogP) is 0.775. The molecule has 1 aromatic carbocycles. The minimum absolute atomic E-state index is 0.0868. The van der Waals surface area contributed by atoms with Crippen LogP contribution in [0.3, 0.4) is 0 Å². The molecule has 0 fully saturated rings. The summed E-state index contributed by atoms with van der Waals surface area (Å²) in [6.45, 7) is 0. The van der Waals surface area contributed by atoms with Crippen LogP contribution in [0.1, 0.15) is 5.56 Å². The minimum Gasteiger partial charge on any atom is -0.496 e. The summed E-state index contributed by atoms with van der Waals surface area (Å²) in [6, 6.07) is 6.37. The van der Waals surface area contributed by atoms with Gasteiger partial charge in [-0.3, -0.25) is 9.69 Å². The molecule has 86 valence electrons. The maximum absolute atomic E-state index is 11.6. The number of likely N-dealkylation sites (N-methyl/N-ethyl adjacent to an activating group) is 1. The monoisotopic (exact) mass is 222 g/mol. The van der Waals surface area contributed by atoms with Crippen LogP contribution in [0.2, 0.25) is 0 Å². The lowest BCUT2D eigenvalue weighted by Gasteiger charge is -2.13. The summed E-state index contributed by atoms with van der Waals surface area (Å²) in [5.41, 5.74) is 5.72. The number of benzene rings is 1. The summed E-state index contributed by atoms with van der Waals surface area (Å²) < 4.78 is 5.10. The highest BCUT2D eigenvalue weighted by Gasteiger charge is 2.15. The Balaban J connectivity index is 2.80. The van der Waals surface area contributed by atoms with Crippen molar-refractivity contribution in [2.75, 3.05) is 14.2 Å². The average molecular weight is 222 g/mol. The van der Waals surface area contributed by atoms with Crippen molar-refractivity contribution in [1.29, 1.82) is 0 Å². The second-order valence-corrected chi connectivity index (χ2v) is 3.28. The molecule has 0 radical (unpaired) electrons. The van der Waals surface area contributed by atoms with Crippen LogP contribution in [0.4, 0.5) is 4.79 Å². The third kappa shape index (κ3) is 2.73. The van der Waals surface area contributed by atoms with E-state index in [0.29, 0.717) is 5.75 Å². The van der Waals surface area contributed by atoms with Crippen LogP contribution in [-0.2, 0) is 11.2 Å². The first kappa shape index (κ1) is 12.0. The van der Waals surface area contributed by atoms with Gasteiger partial charge in [0.15, 0.2) is 0 Å². The van der Waals surface area contributed by atoms with Crippen LogP contribution in [0, 0.1) is 0 Å². The normalized spacial score (nSPS) is 9.62. The smallest absolute Gasteiger partial charge is 0.321 e. The van der Waals surface area contributed by atoms with Gasteiger partial charge >= 0.3 is 6.03 Å². The first-order chi connectivity index (χ1) is 7.56. The van der Waals surface area contributed by atoms with Crippen molar-refractivity contribution < 1.29 is 14.3 Å². The van der Waals surface area contributed by atoms with Crippen LogP contribution in [0.15, 0.2) is 24.3 Å². The van der Waals surface area contributed by atoms with Crippen LogP contribution in [0.25, 0.3) is 0 Å². The Hall–Kier alpha value is -2.04. The molecule has 0 aliphatic carbocycles. The van der Waals surface area contributed by atoms with E-state index in [9.17, 15) is 9.59 Å². The van der Waals surface area contributed by atoms with E-state index in [-0.39, 0.29) is 12.3 Å². The molecule has 0 aliphatic heterocycles. The Morgan fingerprint density at radius 2 is 2.00 bits per heavy atom. The number of ether oxygens (including phenoxy) is 1. The first-order valence-electron chi connectivity index (χ1n) is 4.74. The predicted molar refractivity (Wildman–Crippen MR) is 59.1 cm³/mol. The molecule has 5 nitrogen and oxygen atoms in total. The number of nitrogens with two attached hydrogens (primary N) is 1. The Morgan fingerprint density at radius 1 is 1.38 bits per heavy atom. The van der Waals surface area contributed by atoms with Crippen molar-refractivity contribution >= 4 is 11.9 Å². The van der Waals surface area contributed by atoms with Gasteiger partial charge in [0.2, 0.25) is 5.91 Å². The summed E-state index contributed by atoms with van der Waals surface area (Å²) >= 11 is 0. The number of methoxy groups -OCH3 is 1. The molecule has 0 heterocycles. The fraction of sp³-hybridized carbons (Fsp3) is 0.273. The number of urea groups is 1. The number of carbonyl (C=O) groups excluding carboxylic acids is 2. The zero-order valence-corrected chi connectivity index (χ0v) is 9.27. The molecule has 0 saturated carbocycles. The molecule has 0 bridgehead atoms. The molecule has 0 aliphatic rings. The highest BCUT2D eigenvalue weighted by Crippen LogP contribution is 2.18. The van der Waals surface area contributed by atoms with E-state index in [1.54, 1.807) is 18.2 Å². The number of rotatable bonds is 3. The third-order valence-electron chi connectivity index (χ3n) is 2.24. The number of primary amides is 1. The van der Waals surface area contributed by atoms with Crippen LogP contribution >= 0.6 is 0 Å². The molecule has 0 spiro atoms. The standard InChI is InChI=1S/C11H14N2O3/c1-13(11(12)15)10(14)7-8-5-3-4-6-9(8)16-2/h3-6H,7H2,1-2H3,(H2,12,15). The van der Waals surface area contributed by atoms with Gasteiger partial charge in [-0.05, 0) is 6.07 Å². The highest BCUT2D eigenvalue weighted by molar-refractivity contribution is 5.94. The van der Waals surface area contributed by atoms with Crippen molar-refractivity contribution in [1.82, 2.24) is 4.90 Å². The van der Waals surface area contributed by atoms with Gasteiger partial charge in [-0.2, -0.15) is 0 Å². The largest absolute Gasteiger partial charge is 0.496 e. The second-order valence-electron chi connectivity index (χ2n) is 3.28. The SMILES string of the molecule is COc1ccccc1CC(=O)N(C)C(N)=O. The van der Waals surface area contributed by atoms with Crippen LogP contribution in [-0.4, -0.2) is 31.0 Å². The van der Waals surface area contributed by atoms with E-state index in [2.05, 4.69) is 0 Å². The fourth-order valence-electron chi connectivity index (χ4n) is 1.25. The summed E-state index contributed by atoms with van der Waals surface area (Å²) in [5, 5.41) is 0. The topological polar surface area (TPSA) is 72.6 Å². The molecular weight excluding hydrogens is 208 g/mol. The average Bonchev–Trinajstić information content (AvgIpc) is 2.28.